The van der Waals surface area contributed by atoms with E-state index < -0.39 is 0 Å². The molecule has 0 unspecified atom stereocenters. The molecule has 5 heteroatoms. The molecule has 0 aliphatic heterocycles. The number of aromatic nitrogens is 2. The largest absolute Gasteiger partial charge is 0.395 e. The van der Waals surface area contributed by atoms with Crippen LogP contribution in [-0.2, 0) is 13.1 Å². The molecular weight excluding hydrogens is 257 g/mol. The molecule has 1 N–H and O–H groups in total. The molecule has 0 aliphatic rings. The van der Waals surface area contributed by atoms with Crippen molar-refractivity contribution in [1.82, 2.24) is 14.5 Å². The number of nitrogens with zero attached hydrogens (tertiary/aromatic N) is 3. The summed E-state index contributed by atoms with van der Waals surface area (Å²) in [6.45, 7) is 8.31. The Kier molecular flexibility index (Phi) is 4.87. The number of aryl methyl sites for hydroxylation is 1. The molecule has 1 aromatic heterocycles. The van der Waals surface area contributed by atoms with Crippen LogP contribution in [0.2, 0.25) is 0 Å². The Hall–Kier alpha value is -1.72. The van der Waals surface area contributed by atoms with Gasteiger partial charge in [-0.2, -0.15) is 0 Å². The highest BCUT2D eigenvalue weighted by molar-refractivity contribution is 5.76. The quantitative estimate of drug-likeness (QED) is 0.789. The van der Waals surface area contributed by atoms with Crippen LogP contribution in [-0.4, -0.2) is 39.3 Å². The first-order valence-corrected chi connectivity index (χ1v) is 6.79. The Morgan fingerprint density at radius 1 is 1.50 bits per heavy atom. The second-order valence-electron chi connectivity index (χ2n) is 4.63. The molecule has 0 amide bonds. The fourth-order valence-corrected chi connectivity index (χ4v) is 2.39. The van der Waals surface area contributed by atoms with Crippen LogP contribution in [0.25, 0.3) is 11.0 Å². The molecule has 4 nitrogen and oxygen atoms in total. The minimum absolute atomic E-state index is 0.0779. The van der Waals surface area contributed by atoms with E-state index in [0.29, 0.717) is 25.2 Å². The van der Waals surface area contributed by atoms with Crippen LogP contribution in [0.15, 0.2) is 30.9 Å². The number of hydrogen-bond donors (Lipinski definition) is 1. The predicted octanol–water partition coefficient (Wildman–Crippen LogP) is 2.18. The van der Waals surface area contributed by atoms with Gasteiger partial charge in [-0.1, -0.05) is 12.1 Å². The number of rotatable bonds is 7. The highest BCUT2D eigenvalue weighted by atomic mass is 19.1. The first-order valence-electron chi connectivity index (χ1n) is 6.79. The fourth-order valence-electron chi connectivity index (χ4n) is 2.39. The van der Waals surface area contributed by atoms with Crippen molar-refractivity contribution in [3.8, 4) is 0 Å². The number of benzene rings is 1. The van der Waals surface area contributed by atoms with Crippen molar-refractivity contribution in [2.24, 2.45) is 0 Å². The summed E-state index contributed by atoms with van der Waals surface area (Å²) in [7, 11) is 0. The van der Waals surface area contributed by atoms with Gasteiger partial charge in [-0.05, 0) is 19.1 Å². The van der Waals surface area contributed by atoms with Gasteiger partial charge >= 0.3 is 0 Å². The number of aliphatic hydroxyl groups excluding tert-OH is 1. The summed E-state index contributed by atoms with van der Waals surface area (Å²) in [4.78, 5) is 6.44. The van der Waals surface area contributed by atoms with Crippen molar-refractivity contribution >= 4 is 11.0 Å². The van der Waals surface area contributed by atoms with Gasteiger partial charge in [-0.15, -0.1) is 6.58 Å². The molecule has 0 aliphatic carbocycles. The van der Waals surface area contributed by atoms with Gasteiger partial charge in [0.15, 0.2) is 5.82 Å². The average Bonchev–Trinajstić information content (AvgIpc) is 2.78. The van der Waals surface area contributed by atoms with E-state index in [4.69, 9.17) is 5.11 Å². The van der Waals surface area contributed by atoms with Crippen molar-refractivity contribution in [3.63, 3.8) is 0 Å². The minimum Gasteiger partial charge on any atom is -0.395 e. The van der Waals surface area contributed by atoms with Crippen LogP contribution in [0.1, 0.15) is 12.7 Å². The lowest BCUT2D eigenvalue weighted by molar-refractivity contribution is 0.199. The molecule has 0 spiro atoms. The normalized spacial score (nSPS) is 11.4. The molecule has 1 aromatic carbocycles. The summed E-state index contributed by atoms with van der Waals surface area (Å²) in [5.74, 6) is 0.510. The van der Waals surface area contributed by atoms with Gasteiger partial charge in [0.2, 0.25) is 0 Å². The third-order valence-corrected chi connectivity index (χ3v) is 3.29. The lowest BCUT2D eigenvalue weighted by Gasteiger charge is -2.19. The van der Waals surface area contributed by atoms with Crippen LogP contribution in [0.4, 0.5) is 4.39 Å². The second-order valence-corrected chi connectivity index (χ2v) is 4.63. The molecule has 20 heavy (non-hydrogen) atoms. The second kappa shape index (κ2) is 6.63. The molecule has 2 aromatic rings. The van der Waals surface area contributed by atoms with Crippen LogP contribution in [0, 0.1) is 5.82 Å². The van der Waals surface area contributed by atoms with Gasteiger partial charge in [-0.3, -0.25) is 4.90 Å². The number of imidazole rings is 1. The average molecular weight is 277 g/mol. The molecule has 0 fully saturated rings. The third-order valence-electron chi connectivity index (χ3n) is 3.29. The summed E-state index contributed by atoms with van der Waals surface area (Å²) in [6, 6.07) is 5.00. The van der Waals surface area contributed by atoms with E-state index in [0.717, 1.165) is 17.9 Å². The molecule has 1 heterocycles. The van der Waals surface area contributed by atoms with E-state index >= 15 is 0 Å². The van der Waals surface area contributed by atoms with Gasteiger partial charge in [0.1, 0.15) is 11.3 Å². The van der Waals surface area contributed by atoms with Crippen molar-refractivity contribution in [3.05, 3.63) is 42.5 Å². The summed E-state index contributed by atoms with van der Waals surface area (Å²) >= 11 is 0. The van der Waals surface area contributed by atoms with E-state index in [2.05, 4.69) is 11.6 Å². The van der Waals surface area contributed by atoms with Gasteiger partial charge in [0.05, 0.1) is 18.7 Å². The Balaban J connectivity index is 2.37. The predicted molar refractivity (Wildman–Crippen MR) is 77.9 cm³/mol. The molecule has 0 radical (unpaired) electrons. The van der Waals surface area contributed by atoms with Crippen molar-refractivity contribution in [2.75, 3.05) is 19.7 Å². The fraction of sp³-hybridized carbons (Fsp3) is 0.400. The first kappa shape index (κ1) is 14.7. The number of para-hydroxylation sites is 1. The smallest absolute Gasteiger partial charge is 0.151 e. The van der Waals surface area contributed by atoms with E-state index in [1.54, 1.807) is 12.1 Å². The highest BCUT2D eigenvalue weighted by Gasteiger charge is 2.14. The zero-order valence-corrected chi connectivity index (χ0v) is 11.7. The SMILES string of the molecule is C=CCN(CCO)Cc1nc2c(F)cccc2n1CC. The van der Waals surface area contributed by atoms with Crippen molar-refractivity contribution in [2.45, 2.75) is 20.0 Å². The van der Waals surface area contributed by atoms with E-state index in [1.165, 1.54) is 6.07 Å². The molecule has 0 bridgehead atoms. The Bertz CT molecular complexity index is 594. The zero-order valence-electron chi connectivity index (χ0n) is 11.7. The molecule has 108 valence electrons. The lowest BCUT2D eigenvalue weighted by Crippen LogP contribution is -2.28. The molecule has 0 atom stereocenters. The standard InChI is InChI=1S/C15H20FN3O/c1-3-8-18(9-10-20)11-14-17-15-12(16)6-5-7-13(15)19(14)4-2/h3,5-7,20H,1,4,8-11H2,2H3. The van der Waals surface area contributed by atoms with E-state index in [9.17, 15) is 4.39 Å². The molecular formula is C15H20FN3O. The summed E-state index contributed by atoms with van der Waals surface area (Å²) < 4.78 is 15.8. The van der Waals surface area contributed by atoms with Crippen LogP contribution in [0.3, 0.4) is 0 Å². The van der Waals surface area contributed by atoms with E-state index in [-0.39, 0.29) is 12.4 Å². The maximum Gasteiger partial charge on any atom is 0.151 e. The number of halogens is 1. The highest BCUT2D eigenvalue weighted by Crippen LogP contribution is 2.20. The van der Waals surface area contributed by atoms with Crippen LogP contribution in [0.5, 0.6) is 0 Å². The number of fused-ring (bicyclic) bond motifs is 1. The zero-order chi connectivity index (χ0) is 14.5. The topological polar surface area (TPSA) is 41.3 Å². The minimum atomic E-state index is -0.298. The number of hydrogen-bond acceptors (Lipinski definition) is 3. The monoisotopic (exact) mass is 277 g/mol. The van der Waals surface area contributed by atoms with Gasteiger partial charge < -0.3 is 9.67 Å². The maximum absolute atomic E-state index is 13.8. The molecule has 2 rings (SSSR count). The lowest BCUT2D eigenvalue weighted by atomic mass is 10.3. The maximum atomic E-state index is 13.8. The van der Waals surface area contributed by atoms with Gasteiger partial charge in [-0.25, -0.2) is 9.37 Å². The first-order chi connectivity index (χ1) is 9.71. The Labute approximate surface area is 118 Å². The van der Waals surface area contributed by atoms with Crippen molar-refractivity contribution < 1.29 is 9.50 Å². The Morgan fingerprint density at radius 3 is 2.95 bits per heavy atom. The molecule has 0 saturated carbocycles. The van der Waals surface area contributed by atoms with Crippen LogP contribution < -0.4 is 0 Å². The third kappa shape index (κ3) is 2.89. The van der Waals surface area contributed by atoms with Crippen molar-refractivity contribution in [1.29, 1.82) is 0 Å². The van der Waals surface area contributed by atoms with Gasteiger partial charge in [0.25, 0.3) is 0 Å². The summed E-state index contributed by atoms with van der Waals surface area (Å²) in [5.41, 5.74) is 1.22. The Morgan fingerprint density at radius 2 is 2.30 bits per heavy atom. The van der Waals surface area contributed by atoms with Gasteiger partial charge in [0, 0.05) is 19.6 Å². The van der Waals surface area contributed by atoms with Crippen LogP contribution >= 0.6 is 0 Å². The summed E-state index contributed by atoms with van der Waals surface area (Å²) in [6.07, 6.45) is 1.79. The van der Waals surface area contributed by atoms with E-state index in [1.807, 2.05) is 22.5 Å². The summed E-state index contributed by atoms with van der Waals surface area (Å²) in [5, 5.41) is 9.09. The number of aliphatic hydroxyl groups is 1. The molecule has 0 saturated heterocycles.